The van der Waals surface area contributed by atoms with Crippen molar-refractivity contribution >= 4 is 5.91 Å². The van der Waals surface area contributed by atoms with Crippen LogP contribution in [0, 0.1) is 5.92 Å². The van der Waals surface area contributed by atoms with E-state index in [0.717, 1.165) is 25.0 Å². The van der Waals surface area contributed by atoms with Gasteiger partial charge in [-0.05, 0) is 51.2 Å². The maximum atomic E-state index is 11.6. The molecule has 2 fully saturated rings. The van der Waals surface area contributed by atoms with Gasteiger partial charge in [-0.3, -0.25) is 9.69 Å². The lowest BCUT2D eigenvalue weighted by atomic mass is 9.88. The largest absolute Gasteiger partial charge is 0.352 e. The standard InChI is InChI=1S/C14H25N3O/c1-2-7-16-14(18)11-17-9-5-12(6-10-17)13-4-3-8-15-13/h2,12-13,15H,1,3-11H2,(H,16,18). The molecule has 2 heterocycles. The van der Waals surface area contributed by atoms with E-state index in [9.17, 15) is 4.79 Å². The van der Waals surface area contributed by atoms with Gasteiger partial charge in [-0.2, -0.15) is 0 Å². The molecule has 0 bridgehead atoms. The Kier molecular flexibility index (Phi) is 5.20. The van der Waals surface area contributed by atoms with Crippen LogP contribution in [0.15, 0.2) is 12.7 Å². The SMILES string of the molecule is C=CCNC(=O)CN1CCC(C2CCCN2)CC1. The maximum Gasteiger partial charge on any atom is 0.234 e. The molecule has 1 atom stereocenters. The normalized spacial score (nSPS) is 26.1. The molecule has 102 valence electrons. The molecule has 0 aromatic rings. The molecule has 18 heavy (non-hydrogen) atoms. The van der Waals surface area contributed by atoms with Crippen LogP contribution in [-0.4, -0.2) is 49.6 Å². The molecule has 0 spiro atoms. The summed E-state index contributed by atoms with van der Waals surface area (Å²) in [5.74, 6) is 0.937. The summed E-state index contributed by atoms with van der Waals surface area (Å²) in [6.45, 7) is 8.02. The van der Waals surface area contributed by atoms with E-state index in [0.29, 0.717) is 13.1 Å². The van der Waals surface area contributed by atoms with Crippen LogP contribution in [0.25, 0.3) is 0 Å². The summed E-state index contributed by atoms with van der Waals surface area (Å²) in [6.07, 6.45) is 6.84. The Balaban J connectivity index is 1.66. The zero-order valence-electron chi connectivity index (χ0n) is 11.2. The van der Waals surface area contributed by atoms with Gasteiger partial charge in [-0.25, -0.2) is 0 Å². The second-order valence-electron chi connectivity index (χ2n) is 5.41. The highest BCUT2D eigenvalue weighted by Gasteiger charge is 2.28. The molecule has 1 unspecified atom stereocenters. The Labute approximate surface area is 110 Å². The summed E-state index contributed by atoms with van der Waals surface area (Å²) in [7, 11) is 0. The highest BCUT2D eigenvalue weighted by molar-refractivity contribution is 5.78. The Bertz CT molecular complexity index is 279. The van der Waals surface area contributed by atoms with E-state index in [1.165, 1.54) is 32.2 Å². The lowest BCUT2D eigenvalue weighted by Crippen LogP contribution is -2.44. The Hall–Kier alpha value is -0.870. The minimum absolute atomic E-state index is 0.118. The maximum absolute atomic E-state index is 11.6. The van der Waals surface area contributed by atoms with E-state index in [2.05, 4.69) is 22.1 Å². The highest BCUT2D eigenvalue weighted by Crippen LogP contribution is 2.25. The van der Waals surface area contributed by atoms with E-state index in [1.54, 1.807) is 6.08 Å². The zero-order valence-corrected chi connectivity index (χ0v) is 11.2. The molecule has 0 radical (unpaired) electrons. The van der Waals surface area contributed by atoms with Crippen molar-refractivity contribution < 1.29 is 4.79 Å². The van der Waals surface area contributed by atoms with Gasteiger partial charge in [0.1, 0.15) is 0 Å². The Morgan fingerprint density at radius 2 is 2.17 bits per heavy atom. The van der Waals surface area contributed by atoms with Crippen LogP contribution in [-0.2, 0) is 4.79 Å². The molecule has 0 aromatic carbocycles. The molecule has 1 amide bonds. The molecule has 0 aromatic heterocycles. The van der Waals surface area contributed by atoms with Crippen LogP contribution < -0.4 is 10.6 Å². The van der Waals surface area contributed by atoms with E-state index in [-0.39, 0.29) is 5.91 Å². The van der Waals surface area contributed by atoms with Gasteiger partial charge in [0.05, 0.1) is 6.54 Å². The first-order valence-electron chi connectivity index (χ1n) is 7.13. The number of likely N-dealkylation sites (tertiary alicyclic amines) is 1. The van der Waals surface area contributed by atoms with Gasteiger partial charge in [0.25, 0.3) is 0 Å². The molecule has 4 heteroatoms. The number of amides is 1. The van der Waals surface area contributed by atoms with Gasteiger partial charge in [-0.1, -0.05) is 6.08 Å². The molecule has 2 N–H and O–H groups in total. The molecule has 4 nitrogen and oxygen atoms in total. The van der Waals surface area contributed by atoms with Gasteiger partial charge in [-0.15, -0.1) is 6.58 Å². The molecular weight excluding hydrogens is 226 g/mol. The van der Waals surface area contributed by atoms with Gasteiger partial charge < -0.3 is 10.6 Å². The van der Waals surface area contributed by atoms with E-state index >= 15 is 0 Å². The van der Waals surface area contributed by atoms with Gasteiger partial charge in [0.15, 0.2) is 0 Å². The molecule has 2 aliphatic rings. The summed E-state index contributed by atoms with van der Waals surface area (Å²) >= 11 is 0. The molecular formula is C14H25N3O. The summed E-state index contributed by atoms with van der Waals surface area (Å²) in [5.41, 5.74) is 0. The molecule has 2 rings (SSSR count). The van der Waals surface area contributed by atoms with Crippen molar-refractivity contribution in [3.63, 3.8) is 0 Å². The minimum atomic E-state index is 0.118. The lowest BCUT2D eigenvalue weighted by molar-refractivity contribution is -0.122. The van der Waals surface area contributed by atoms with Crippen molar-refractivity contribution in [2.75, 3.05) is 32.7 Å². The number of nitrogens with one attached hydrogen (secondary N) is 2. The van der Waals surface area contributed by atoms with Crippen molar-refractivity contribution in [2.24, 2.45) is 5.92 Å². The first kappa shape index (κ1) is 13.6. The number of carbonyl (C=O) groups is 1. The van der Waals surface area contributed by atoms with Gasteiger partial charge in [0, 0.05) is 12.6 Å². The van der Waals surface area contributed by atoms with E-state index in [1.807, 2.05) is 0 Å². The monoisotopic (exact) mass is 251 g/mol. The number of rotatable bonds is 5. The third-order valence-electron chi connectivity index (χ3n) is 4.11. The fourth-order valence-electron chi connectivity index (χ4n) is 3.07. The van der Waals surface area contributed by atoms with E-state index in [4.69, 9.17) is 0 Å². The Morgan fingerprint density at radius 1 is 1.39 bits per heavy atom. The summed E-state index contributed by atoms with van der Waals surface area (Å²) in [6, 6.07) is 0.738. The third-order valence-corrected chi connectivity index (χ3v) is 4.11. The fourth-order valence-corrected chi connectivity index (χ4v) is 3.07. The molecule has 2 saturated heterocycles. The number of piperidine rings is 1. The first-order valence-corrected chi connectivity index (χ1v) is 7.13. The van der Waals surface area contributed by atoms with Crippen molar-refractivity contribution in [2.45, 2.75) is 31.7 Å². The second-order valence-corrected chi connectivity index (χ2v) is 5.41. The quantitative estimate of drug-likeness (QED) is 0.709. The minimum Gasteiger partial charge on any atom is -0.352 e. The molecule has 2 aliphatic heterocycles. The number of carbonyl (C=O) groups excluding carboxylic acids is 1. The van der Waals surface area contributed by atoms with Crippen molar-refractivity contribution in [1.29, 1.82) is 0 Å². The zero-order chi connectivity index (χ0) is 12.8. The smallest absolute Gasteiger partial charge is 0.234 e. The van der Waals surface area contributed by atoms with Crippen LogP contribution in [0.4, 0.5) is 0 Å². The second kappa shape index (κ2) is 6.90. The average Bonchev–Trinajstić information content (AvgIpc) is 2.91. The van der Waals surface area contributed by atoms with Crippen LogP contribution in [0.3, 0.4) is 0 Å². The predicted molar refractivity (Wildman–Crippen MR) is 73.4 cm³/mol. The van der Waals surface area contributed by atoms with Gasteiger partial charge >= 0.3 is 0 Å². The van der Waals surface area contributed by atoms with Crippen molar-refractivity contribution in [1.82, 2.24) is 15.5 Å². The van der Waals surface area contributed by atoms with Crippen LogP contribution in [0.1, 0.15) is 25.7 Å². The average molecular weight is 251 g/mol. The number of nitrogens with zero attached hydrogens (tertiary/aromatic N) is 1. The summed E-state index contributed by atoms with van der Waals surface area (Å²) in [4.78, 5) is 13.9. The Morgan fingerprint density at radius 3 is 2.78 bits per heavy atom. The fraction of sp³-hybridized carbons (Fsp3) is 0.786. The van der Waals surface area contributed by atoms with Crippen molar-refractivity contribution in [3.05, 3.63) is 12.7 Å². The van der Waals surface area contributed by atoms with Gasteiger partial charge in [0.2, 0.25) is 5.91 Å². The van der Waals surface area contributed by atoms with Crippen LogP contribution in [0.2, 0.25) is 0 Å². The van der Waals surface area contributed by atoms with Crippen molar-refractivity contribution in [3.8, 4) is 0 Å². The third kappa shape index (κ3) is 3.82. The lowest BCUT2D eigenvalue weighted by Gasteiger charge is -2.34. The van der Waals surface area contributed by atoms with Crippen LogP contribution in [0.5, 0.6) is 0 Å². The summed E-state index contributed by atoms with van der Waals surface area (Å²) in [5, 5.41) is 6.44. The topological polar surface area (TPSA) is 44.4 Å². The number of hydrogen-bond acceptors (Lipinski definition) is 3. The molecule has 0 aliphatic carbocycles. The first-order chi connectivity index (χ1) is 8.79. The van der Waals surface area contributed by atoms with Crippen LogP contribution >= 0.6 is 0 Å². The summed E-state index contributed by atoms with van der Waals surface area (Å²) < 4.78 is 0. The number of hydrogen-bond donors (Lipinski definition) is 2. The predicted octanol–water partition coefficient (Wildman–Crippen LogP) is 0.753. The highest BCUT2D eigenvalue weighted by atomic mass is 16.2. The molecule has 0 saturated carbocycles. The van der Waals surface area contributed by atoms with E-state index < -0.39 is 0 Å².